The number of rotatable bonds is 3. The lowest BCUT2D eigenvalue weighted by Crippen LogP contribution is -2.43. The molecule has 3 rings (SSSR count). The molecule has 2 N–H and O–H groups in total. The minimum Gasteiger partial charge on any atom is -0.333 e. The summed E-state index contributed by atoms with van der Waals surface area (Å²) in [4.78, 5) is 6.90. The first-order chi connectivity index (χ1) is 9.66. The Morgan fingerprint density at radius 2 is 2.05 bits per heavy atom. The topological polar surface area (TPSA) is 47.1 Å². The molecule has 0 fully saturated rings. The number of fused-ring (bicyclic) bond motifs is 1. The van der Waals surface area contributed by atoms with Crippen LogP contribution in [0.2, 0.25) is 0 Å². The number of hydrogen-bond acceptors (Lipinski definition) is 3. The van der Waals surface area contributed by atoms with Gasteiger partial charge in [-0.1, -0.05) is 24.3 Å². The molecule has 0 radical (unpaired) electrons. The second-order valence-electron chi connectivity index (χ2n) is 5.67. The van der Waals surface area contributed by atoms with E-state index < -0.39 is 0 Å². The summed E-state index contributed by atoms with van der Waals surface area (Å²) in [5.74, 6) is 1.13. The fourth-order valence-electron chi connectivity index (χ4n) is 3.16. The van der Waals surface area contributed by atoms with Gasteiger partial charge < -0.3 is 10.3 Å². The molecule has 4 nitrogen and oxygen atoms in total. The highest BCUT2D eigenvalue weighted by atomic mass is 15.3. The SMILES string of the molecule is Cc1ccccc1C(C(C)N)N1CCn2ccnc2C1. The Labute approximate surface area is 120 Å². The third-order valence-corrected chi connectivity index (χ3v) is 4.17. The van der Waals surface area contributed by atoms with E-state index in [2.05, 4.69) is 58.8 Å². The van der Waals surface area contributed by atoms with Crippen LogP contribution < -0.4 is 5.73 Å². The van der Waals surface area contributed by atoms with E-state index in [9.17, 15) is 0 Å². The highest BCUT2D eigenvalue weighted by molar-refractivity contribution is 5.30. The molecule has 0 saturated heterocycles. The standard InChI is InChI=1S/C16H22N4/c1-12-5-3-4-6-14(12)16(13(2)17)20-10-9-19-8-7-18-15(19)11-20/h3-8,13,16H,9-11,17H2,1-2H3. The van der Waals surface area contributed by atoms with E-state index in [0.717, 1.165) is 25.5 Å². The molecule has 0 amide bonds. The number of nitrogens with two attached hydrogens (primary N) is 1. The number of nitrogens with zero attached hydrogens (tertiary/aromatic N) is 3. The quantitative estimate of drug-likeness (QED) is 0.929. The second kappa shape index (κ2) is 5.38. The largest absolute Gasteiger partial charge is 0.333 e. The Kier molecular flexibility index (Phi) is 3.59. The van der Waals surface area contributed by atoms with E-state index in [1.165, 1.54) is 11.1 Å². The van der Waals surface area contributed by atoms with Gasteiger partial charge in [-0.25, -0.2) is 4.98 Å². The Bertz CT molecular complexity index is 588. The molecule has 20 heavy (non-hydrogen) atoms. The van der Waals surface area contributed by atoms with Gasteiger partial charge in [-0.15, -0.1) is 0 Å². The van der Waals surface area contributed by atoms with Crippen molar-refractivity contribution in [3.05, 3.63) is 53.6 Å². The average Bonchev–Trinajstić information content (AvgIpc) is 2.88. The molecule has 0 aliphatic carbocycles. The molecule has 2 heterocycles. The van der Waals surface area contributed by atoms with Crippen molar-refractivity contribution >= 4 is 0 Å². The van der Waals surface area contributed by atoms with Crippen LogP contribution in [0.3, 0.4) is 0 Å². The normalized spacial score (nSPS) is 18.6. The summed E-state index contributed by atoms with van der Waals surface area (Å²) in [6.45, 7) is 7.13. The first-order valence-electron chi connectivity index (χ1n) is 7.22. The molecule has 2 atom stereocenters. The average molecular weight is 270 g/mol. The second-order valence-corrected chi connectivity index (χ2v) is 5.67. The van der Waals surface area contributed by atoms with Crippen LogP contribution in [0.1, 0.15) is 29.9 Å². The van der Waals surface area contributed by atoms with Crippen molar-refractivity contribution in [2.75, 3.05) is 6.54 Å². The molecular formula is C16H22N4. The van der Waals surface area contributed by atoms with Crippen molar-refractivity contribution < 1.29 is 0 Å². The molecule has 1 aromatic carbocycles. The Hall–Kier alpha value is -1.65. The summed E-state index contributed by atoms with van der Waals surface area (Å²) in [6.07, 6.45) is 3.94. The van der Waals surface area contributed by atoms with Gasteiger partial charge in [0.15, 0.2) is 0 Å². The van der Waals surface area contributed by atoms with Gasteiger partial charge >= 0.3 is 0 Å². The Morgan fingerprint density at radius 1 is 1.25 bits per heavy atom. The zero-order valence-electron chi connectivity index (χ0n) is 12.2. The van der Waals surface area contributed by atoms with Crippen LogP contribution in [0.15, 0.2) is 36.7 Å². The lowest BCUT2D eigenvalue weighted by molar-refractivity contribution is 0.135. The first kappa shape index (κ1) is 13.3. The van der Waals surface area contributed by atoms with Crippen molar-refractivity contribution in [2.24, 2.45) is 5.73 Å². The van der Waals surface area contributed by atoms with E-state index in [0.29, 0.717) is 0 Å². The van der Waals surface area contributed by atoms with Crippen molar-refractivity contribution in [3.63, 3.8) is 0 Å². The highest BCUT2D eigenvalue weighted by Crippen LogP contribution is 2.29. The zero-order valence-corrected chi connectivity index (χ0v) is 12.2. The maximum Gasteiger partial charge on any atom is 0.122 e. The molecule has 4 heteroatoms. The molecule has 0 spiro atoms. The fourth-order valence-corrected chi connectivity index (χ4v) is 3.16. The number of aromatic nitrogens is 2. The third-order valence-electron chi connectivity index (χ3n) is 4.17. The third kappa shape index (κ3) is 2.37. The van der Waals surface area contributed by atoms with Gasteiger partial charge in [0.05, 0.1) is 12.6 Å². The lowest BCUT2D eigenvalue weighted by atomic mass is 9.94. The number of benzene rings is 1. The van der Waals surface area contributed by atoms with Crippen LogP contribution in [0, 0.1) is 6.92 Å². The van der Waals surface area contributed by atoms with Gasteiger partial charge in [-0.3, -0.25) is 4.90 Å². The molecule has 0 bridgehead atoms. The molecule has 2 aromatic rings. The fraction of sp³-hybridized carbons (Fsp3) is 0.438. The van der Waals surface area contributed by atoms with Gasteiger partial charge in [0.25, 0.3) is 0 Å². The summed E-state index contributed by atoms with van der Waals surface area (Å²) in [5, 5.41) is 0. The van der Waals surface area contributed by atoms with Crippen LogP contribution in [-0.2, 0) is 13.1 Å². The number of hydrogen-bond donors (Lipinski definition) is 1. The van der Waals surface area contributed by atoms with Crippen LogP contribution in [-0.4, -0.2) is 27.0 Å². The van der Waals surface area contributed by atoms with Crippen molar-refractivity contribution in [2.45, 2.75) is 39.0 Å². The summed E-state index contributed by atoms with van der Waals surface area (Å²) in [7, 11) is 0. The van der Waals surface area contributed by atoms with E-state index in [4.69, 9.17) is 5.73 Å². The summed E-state index contributed by atoms with van der Waals surface area (Å²) < 4.78 is 2.23. The van der Waals surface area contributed by atoms with Crippen molar-refractivity contribution in [1.82, 2.24) is 14.5 Å². The Morgan fingerprint density at radius 3 is 2.80 bits per heavy atom. The zero-order chi connectivity index (χ0) is 14.1. The van der Waals surface area contributed by atoms with Crippen LogP contribution in [0.4, 0.5) is 0 Å². The van der Waals surface area contributed by atoms with Crippen molar-refractivity contribution in [1.29, 1.82) is 0 Å². The minimum absolute atomic E-state index is 0.0950. The van der Waals surface area contributed by atoms with E-state index >= 15 is 0 Å². The van der Waals surface area contributed by atoms with Gasteiger partial charge in [-0.2, -0.15) is 0 Å². The van der Waals surface area contributed by atoms with Crippen LogP contribution >= 0.6 is 0 Å². The molecule has 2 unspecified atom stereocenters. The van der Waals surface area contributed by atoms with Crippen molar-refractivity contribution in [3.8, 4) is 0 Å². The first-order valence-corrected chi connectivity index (χ1v) is 7.22. The van der Waals surface area contributed by atoms with E-state index in [1.807, 2.05) is 6.20 Å². The predicted octanol–water partition coefficient (Wildman–Crippen LogP) is 2.10. The van der Waals surface area contributed by atoms with Gasteiger partial charge in [0.1, 0.15) is 5.82 Å². The smallest absolute Gasteiger partial charge is 0.122 e. The lowest BCUT2D eigenvalue weighted by Gasteiger charge is -2.37. The Balaban J connectivity index is 1.91. The van der Waals surface area contributed by atoms with Gasteiger partial charge in [0, 0.05) is 31.5 Å². The predicted molar refractivity (Wildman–Crippen MR) is 80.2 cm³/mol. The van der Waals surface area contributed by atoms with Crippen LogP contribution in [0.5, 0.6) is 0 Å². The molecular weight excluding hydrogens is 248 g/mol. The molecule has 106 valence electrons. The number of imidazole rings is 1. The monoisotopic (exact) mass is 270 g/mol. The molecule has 1 aromatic heterocycles. The van der Waals surface area contributed by atoms with Gasteiger partial charge in [0.2, 0.25) is 0 Å². The number of aryl methyl sites for hydroxylation is 1. The maximum atomic E-state index is 6.29. The minimum atomic E-state index is 0.0950. The maximum absolute atomic E-state index is 6.29. The molecule has 1 aliphatic heterocycles. The summed E-state index contributed by atoms with van der Waals surface area (Å²) in [6, 6.07) is 8.89. The summed E-state index contributed by atoms with van der Waals surface area (Å²) in [5.41, 5.74) is 8.94. The van der Waals surface area contributed by atoms with Gasteiger partial charge in [-0.05, 0) is 25.0 Å². The molecule has 1 aliphatic rings. The molecule has 0 saturated carbocycles. The highest BCUT2D eigenvalue weighted by Gasteiger charge is 2.28. The van der Waals surface area contributed by atoms with E-state index in [1.54, 1.807) is 0 Å². The van der Waals surface area contributed by atoms with E-state index in [-0.39, 0.29) is 12.1 Å². The van der Waals surface area contributed by atoms with Crippen LogP contribution in [0.25, 0.3) is 0 Å². The summed E-state index contributed by atoms with van der Waals surface area (Å²) >= 11 is 0.